The molecule has 1 unspecified atom stereocenters. The molecule has 0 saturated heterocycles. The number of methoxy groups -OCH3 is 1. The smallest absolute Gasteiger partial charge is 0.385 e. The molecule has 2 nitrogen and oxygen atoms in total. The quantitative estimate of drug-likeness (QED) is 0.662. The summed E-state index contributed by atoms with van der Waals surface area (Å²) in [7, 11) is 1.49. The summed E-state index contributed by atoms with van der Waals surface area (Å²) in [5, 5.41) is 8.52. The zero-order valence-electron chi connectivity index (χ0n) is 6.90. The molecule has 0 aromatic rings. The third-order valence-corrected chi connectivity index (χ3v) is 1.45. The zero-order chi connectivity index (χ0) is 9.61. The molecule has 1 atom stereocenters. The van der Waals surface area contributed by atoms with E-state index >= 15 is 0 Å². The summed E-state index contributed by atoms with van der Waals surface area (Å²) in [6.45, 7) is 0.435. The van der Waals surface area contributed by atoms with Gasteiger partial charge in [0, 0.05) is 13.7 Å². The maximum Gasteiger partial charge on any atom is 0.414 e. The van der Waals surface area contributed by atoms with Crippen LogP contribution in [0.2, 0.25) is 0 Å². The van der Waals surface area contributed by atoms with E-state index in [1.165, 1.54) is 7.11 Å². The predicted octanol–water partition coefficient (Wildman–Crippen LogP) is 1.73. The van der Waals surface area contributed by atoms with Crippen molar-refractivity contribution in [3.05, 3.63) is 0 Å². The minimum atomic E-state index is -4.48. The molecule has 0 aromatic carbocycles. The molecule has 0 aliphatic carbocycles. The number of aliphatic hydroxyl groups excluding tert-OH is 1. The second-order valence-electron chi connectivity index (χ2n) is 2.55. The lowest BCUT2D eigenvalue weighted by molar-refractivity contribution is -0.205. The van der Waals surface area contributed by atoms with Gasteiger partial charge in [0.1, 0.15) is 6.10 Å². The minimum Gasteiger partial charge on any atom is -0.385 e. The third kappa shape index (κ3) is 5.37. The topological polar surface area (TPSA) is 29.5 Å². The van der Waals surface area contributed by atoms with Gasteiger partial charge in [-0.15, -0.1) is 0 Å². The maximum absolute atomic E-state index is 11.7. The highest BCUT2D eigenvalue weighted by atomic mass is 19.4. The van der Waals surface area contributed by atoms with Crippen molar-refractivity contribution in [3.63, 3.8) is 0 Å². The Morgan fingerprint density at radius 3 is 2.33 bits per heavy atom. The van der Waals surface area contributed by atoms with Gasteiger partial charge in [0.15, 0.2) is 0 Å². The minimum absolute atomic E-state index is 0.243. The molecule has 5 heteroatoms. The highest BCUT2D eigenvalue weighted by Crippen LogP contribution is 2.23. The number of ether oxygens (including phenoxy) is 1. The van der Waals surface area contributed by atoms with E-state index in [-0.39, 0.29) is 6.42 Å². The molecule has 0 fully saturated rings. The molecule has 0 aromatic heterocycles. The van der Waals surface area contributed by atoms with Crippen LogP contribution in [0.4, 0.5) is 13.2 Å². The van der Waals surface area contributed by atoms with Crippen molar-refractivity contribution >= 4 is 0 Å². The van der Waals surface area contributed by atoms with Crippen molar-refractivity contribution in [2.45, 2.75) is 31.5 Å². The van der Waals surface area contributed by atoms with Gasteiger partial charge in [0.2, 0.25) is 0 Å². The Balaban J connectivity index is 3.38. The summed E-state index contributed by atoms with van der Waals surface area (Å²) in [6, 6.07) is 0. The van der Waals surface area contributed by atoms with Gasteiger partial charge in [-0.05, 0) is 19.3 Å². The molecule has 0 amide bonds. The SMILES string of the molecule is COCCCCC(O)C(F)(F)F. The molecule has 0 aliphatic rings. The normalized spacial score (nSPS) is 14.8. The fourth-order valence-electron chi connectivity index (χ4n) is 0.748. The standard InChI is InChI=1S/C7H13F3O2/c1-12-5-3-2-4-6(11)7(8,9)10/h6,11H,2-5H2,1H3. The number of aliphatic hydroxyl groups is 1. The van der Waals surface area contributed by atoms with Gasteiger partial charge in [-0.3, -0.25) is 0 Å². The first-order chi connectivity index (χ1) is 5.48. The average molecular weight is 186 g/mol. The van der Waals surface area contributed by atoms with E-state index in [9.17, 15) is 13.2 Å². The molecule has 74 valence electrons. The van der Waals surface area contributed by atoms with E-state index in [4.69, 9.17) is 5.11 Å². The summed E-state index contributed by atoms with van der Waals surface area (Å²) in [5.74, 6) is 0. The van der Waals surface area contributed by atoms with Crippen LogP contribution in [0.1, 0.15) is 19.3 Å². The summed E-state index contributed by atoms with van der Waals surface area (Å²) in [4.78, 5) is 0. The first-order valence-electron chi connectivity index (χ1n) is 3.72. The first-order valence-corrected chi connectivity index (χ1v) is 3.72. The summed E-state index contributed by atoms with van der Waals surface area (Å²) < 4.78 is 39.7. The lowest BCUT2D eigenvalue weighted by atomic mass is 10.1. The predicted molar refractivity (Wildman–Crippen MR) is 37.8 cm³/mol. The van der Waals surface area contributed by atoms with E-state index in [0.717, 1.165) is 0 Å². The van der Waals surface area contributed by atoms with Gasteiger partial charge in [-0.25, -0.2) is 0 Å². The second-order valence-corrected chi connectivity index (χ2v) is 2.55. The van der Waals surface area contributed by atoms with Gasteiger partial charge in [-0.2, -0.15) is 13.2 Å². The van der Waals surface area contributed by atoms with Crippen molar-refractivity contribution in [2.75, 3.05) is 13.7 Å². The highest BCUT2D eigenvalue weighted by molar-refractivity contribution is 4.64. The van der Waals surface area contributed by atoms with Gasteiger partial charge < -0.3 is 9.84 Å². The number of unbranched alkanes of at least 4 members (excludes halogenated alkanes) is 1. The summed E-state index contributed by atoms with van der Waals surface area (Å²) in [6.07, 6.45) is -6.03. The van der Waals surface area contributed by atoms with Crippen LogP contribution in [0.3, 0.4) is 0 Å². The van der Waals surface area contributed by atoms with Crippen molar-refractivity contribution in [3.8, 4) is 0 Å². The molecule has 0 heterocycles. The van der Waals surface area contributed by atoms with Crippen LogP contribution in [0.25, 0.3) is 0 Å². The molecule has 0 rings (SSSR count). The molecule has 12 heavy (non-hydrogen) atoms. The van der Waals surface area contributed by atoms with Crippen LogP contribution in [-0.4, -0.2) is 31.1 Å². The van der Waals surface area contributed by atoms with Crippen molar-refractivity contribution in [1.29, 1.82) is 0 Å². The van der Waals surface area contributed by atoms with Gasteiger partial charge >= 0.3 is 6.18 Å². The second kappa shape index (κ2) is 5.37. The summed E-state index contributed by atoms with van der Waals surface area (Å²) in [5.41, 5.74) is 0. The van der Waals surface area contributed by atoms with Crippen LogP contribution in [0.15, 0.2) is 0 Å². The van der Waals surface area contributed by atoms with E-state index in [2.05, 4.69) is 4.74 Å². The maximum atomic E-state index is 11.7. The lowest BCUT2D eigenvalue weighted by Gasteiger charge is -2.13. The molecule has 0 spiro atoms. The number of halogens is 3. The van der Waals surface area contributed by atoms with Crippen LogP contribution < -0.4 is 0 Å². The van der Waals surface area contributed by atoms with Crippen molar-refractivity contribution in [2.24, 2.45) is 0 Å². The largest absolute Gasteiger partial charge is 0.414 e. The van der Waals surface area contributed by atoms with Crippen molar-refractivity contribution in [1.82, 2.24) is 0 Å². The number of rotatable bonds is 5. The molecule has 0 radical (unpaired) electrons. The summed E-state index contributed by atoms with van der Waals surface area (Å²) >= 11 is 0. The highest BCUT2D eigenvalue weighted by Gasteiger charge is 2.37. The van der Waals surface area contributed by atoms with Crippen LogP contribution in [0, 0.1) is 0 Å². The monoisotopic (exact) mass is 186 g/mol. The fourth-order valence-corrected chi connectivity index (χ4v) is 0.748. The van der Waals surface area contributed by atoms with Crippen LogP contribution in [-0.2, 0) is 4.74 Å². The molecule has 0 aliphatic heterocycles. The van der Waals surface area contributed by atoms with E-state index in [1.807, 2.05) is 0 Å². The molecule has 1 N–H and O–H groups in total. The first kappa shape index (κ1) is 11.7. The van der Waals surface area contributed by atoms with Gasteiger partial charge in [0.25, 0.3) is 0 Å². The Kier molecular flexibility index (Phi) is 5.24. The lowest BCUT2D eigenvalue weighted by Crippen LogP contribution is -2.28. The Labute approximate surface area is 69.3 Å². The Morgan fingerprint density at radius 2 is 1.92 bits per heavy atom. The van der Waals surface area contributed by atoms with Gasteiger partial charge in [0.05, 0.1) is 0 Å². The Hall–Kier alpha value is -0.290. The van der Waals surface area contributed by atoms with E-state index in [1.54, 1.807) is 0 Å². The van der Waals surface area contributed by atoms with E-state index in [0.29, 0.717) is 19.4 Å². The van der Waals surface area contributed by atoms with Crippen LogP contribution >= 0.6 is 0 Å². The molecular weight excluding hydrogens is 173 g/mol. The fraction of sp³-hybridized carbons (Fsp3) is 1.00. The third-order valence-electron chi connectivity index (χ3n) is 1.45. The van der Waals surface area contributed by atoms with Crippen LogP contribution in [0.5, 0.6) is 0 Å². The van der Waals surface area contributed by atoms with Gasteiger partial charge in [-0.1, -0.05) is 0 Å². The number of alkyl halides is 3. The zero-order valence-corrected chi connectivity index (χ0v) is 6.90. The number of hydrogen-bond donors (Lipinski definition) is 1. The van der Waals surface area contributed by atoms with E-state index < -0.39 is 12.3 Å². The number of hydrogen-bond acceptors (Lipinski definition) is 2. The molecule has 0 bridgehead atoms. The Morgan fingerprint density at radius 1 is 1.33 bits per heavy atom. The average Bonchev–Trinajstić information content (AvgIpc) is 1.96. The molecular formula is C7H13F3O2. The van der Waals surface area contributed by atoms with Crippen molar-refractivity contribution < 1.29 is 23.0 Å². The Bertz CT molecular complexity index is 114. The molecule has 0 saturated carbocycles.